The van der Waals surface area contributed by atoms with Crippen molar-refractivity contribution in [1.29, 1.82) is 0 Å². The van der Waals surface area contributed by atoms with Crippen LogP contribution in [0.15, 0.2) is 60.7 Å². The minimum absolute atomic E-state index is 0.156. The van der Waals surface area contributed by atoms with Crippen molar-refractivity contribution in [3.05, 3.63) is 83.3 Å². The Morgan fingerprint density at radius 1 is 1.02 bits per heavy atom. The minimum atomic E-state index is -5.08. The number of carboxylic acids is 2. The lowest BCUT2D eigenvalue weighted by Gasteiger charge is -2.13. The van der Waals surface area contributed by atoms with Gasteiger partial charge in [0.15, 0.2) is 0 Å². The summed E-state index contributed by atoms with van der Waals surface area (Å²) in [6, 6.07) is 20.4. The molecule has 6 rings (SSSR count). The molecule has 3 aromatic carbocycles. The van der Waals surface area contributed by atoms with Crippen LogP contribution in [-0.4, -0.2) is 55.9 Å². The molecule has 2 N–H and O–H groups in total. The van der Waals surface area contributed by atoms with E-state index in [1.807, 2.05) is 53.6 Å². The van der Waals surface area contributed by atoms with E-state index in [1.54, 1.807) is 0 Å². The lowest BCUT2D eigenvalue weighted by Crippen LogP contribution is -2.21. The van der Waals surface area contributed by atoms with Crippen molar-refractivity contribution in [1.82, 2.24) is 14.3 Å². The van der Waals surface area contributed by atoms with E-state index < -0.39 is 18.1 Å². The fourth-order valence-electron chi connectivity index (χ4n) is 6.12. The summed E-state index contributed by atoms with van der Waals surface area (Å²) in [7, 11) is 1.95. The SMILES string of the molecule is Cc1c2c(nn1C)C(C)OCCCCn1c(C(=O)O)c(CCCOc3cccc4ccccc34)c3cccc-2c31.O=C(O)C(F)(F)F. The molecule has 12 heteroatoms. The van der Waals surface area contributed by atoms with E-state index in [4.69, 9.17) is 24.5 Å². The standard InChI is InChI=1S/C33H35N3O4.C2HF3O2/c1-21-29-27-15-9-14-25-26(16-10-20-40-28-17-8-12-23-11-4-5-13-24(23)28)32(33(37)38)36(31(25)27)18-6-7-19-39-22(2)30(29)34-35(21)3;3-2(4,5)1(6)7/h4-5,8-9,11-15,17,22H,6-7,10,16,18-20H2,1-3H3,(H,37,38);(H,6,7). The molecule has 0 saturated carbocycles. The third-order valence-electron chi connectivity index (χ3n) is 8.37. The predicted octanol–water partition coefficient (Wildman–Crippen LogP) is 7.72. The number of fused-ring (bicyclic) bond motifs is 3. The van der Waals surface area contributed by atoms with Crippen molar-refractivity contribution < 1.29 is 42.4 Å². The van der Waals surface area contributed by atoms with Gasteiger partial charge in [0.25, 0.3) is 0 Å². The molecule has 3 heterocycles. The molecule has 1 unspecified atom stereocenters. The van der Waals surface area contributed by atoms with Crippen LogP contribution in [-0.2, 0) is 29.5 Å². The Kier molecular flexibility index (Phi) is 9.90. The van der Waals surface area contributed by atoms with Crippen molar-refractivity contribution in [2.24, 2.45) is 7.05 Å². The monoisotopic (exact) mass is 651 g/mol. The molecule has 1 atom stereocenters. The molecule has 1 aliphatic heterocycles. The van der Waals surface area contributed by atoms with Crippen LogP contribution in [0, 0.1) is 6.92 Å². The second-order valence-corrected chi connectivity index (χ2v) is 11.4. The lowest BCUT2D eigenvalue weighted by atomic mass is 9.97. The van der Waals surface area contributed by atoms with Gasteiger partial charge in [-0.25, -0.2) is 9.59 Å². The van der Waals surface area contributed by atoms with Crippen LogP contribution in [0.1, 0.15) is 59.7 Å². The number of benzene rings is 3. The second-order valence-electron chi connectivity index (χ2n) is 11.4. The third-order valence-corrected chi connectivity index (χ3v) is 8.37. The molecule has 248 valence electrons. The maximum Gasteiger partial charge on any atom is 0.490 e. The van der Waals surface area contributed by atoms with Gasteiger partial charge < -0.3 is 24.3 Å². The van der Waals surface area contributed by atoms with Crippen molar-refractivity contribution in [3.63, 3.8) is 0 Å². The number of rotatable bonds is 6. The van der Waals surface area contributed by atoms with Gasteiger partial charge in [-0.3, -0.25) is 4.68 Å². The number of aliphatic carboxylic acids is 1. The summed E-state index contributed by atoms with van der Waals surface area (Å²) < 4.78 is 48.0. The zero-order valence-corrected chi connectivity index (χ0v) is 26.3. The summed E-state index contributed by atoms with van der Waals surface area (Å²) in [4.78, 5) is 21.7. The molecule has 1 aliphatic rings. The Balaban J connectivity index is 0.000000559. The number of para-hydroxylation sites is 1. The van der Waals surface area contributed by atoms with Crippen molar-refractivity contribution >= 4 is 33.6 Å². The van der Waals surface area contributed by atoms with E-state index in [-0.39, 0.29) is 6.10 Å². The van der Waals surface area contributed by atoms with Crippen LogP contribution in [0.5, 0.6) is 5.75 Å². The largest absolute Gasteiger partial charge is 0.493 e. The topological polar surface area (TPSA) is 116 Å². The van der Waals surface area contributed by atoms with Gasteiger partial charge in [-0.15, -0.1) is 0 Å². The number of aromatic nitrogens is 3. The van der Waals surface area contributed by atoms with Crippen LogP contribution >= 0.6 is 0 Å². The molecule has 0 fully saturated rings. The number of alkyl halides is 3. The first-order chi connectivity index (χ1) is 22.4. The van der Waals surface area contributed by atoms with E-state index in [0.717, 1.165) is 68.3 Å². The Hall–Kier alpha value is -4.84. The molecular formula is C35H36F3N3O6. The molecule has 0 spiro atoms. The average Bonchev–Trinajstić information content (AvgIpc) is 3.51. The van der Waals surface area contributed by atoms with Gasteiger partial charge in [0, 0.05) is 47.8 Å². The zero-order chi connectivity index (χ0) is 33.9. The van der Waals surface area contributed by atoms with Crippen molar-refractivity contribution in [3.8, 4) is 16.9 Å². The molecule has 5 aromatic rings. The minimum Gasteiger partial charge on any atom is -0.493 e. The number of hydrogen-bond acceptors (Lipinski definition) is 5. The zero-order valence-electron chi connectivity index (χ0n) is 26.3. The fraction of sp³-hybridized carbons (Fsp3) is 0.343. The molecule has 0 amide bonds. The number of nitrogens with zero attached hydrogens (tertiary/aromatic N) is 3. The summed E-state index contributed by atoms with van der Waals surface area (Å²) in [6.45, 7) is 5.84. The first-order valence-corrected chi connectivity index (χ1v) is 15.3. The highest BCUT2D eigenvalue weighted by atomic mass is 19.4. The Labute approximate surface area is 269 Å². The summed E-state index contributed by atoms with van der Waals surface area (Å²) in [6.07, 6.45) is -2.25. The molecular weight excluding hydrogens is 615 g/mol. The van der Waals surface area contributed by atoms with E-state index in [1.165, 1.54) is 0 Å². The quantitative estimate of drug-likeness (QED) is 0.181. The van der Waals surface area contributed by atoms with Crippen LogP contribution < -0.4 is 4.74 Å². The number of aromatic carboxylic acids is 1. The Morgan fingerprint density at radius 2 is 1.70 bits per heavy atom. The molecule has 0 radical (unpaired) electrons. The highest BCUT2D eigenvalue weighted by Gasteiger charge is 2.38. The number of carbonyl (C=O) groups is 2. The van der Waals surface area contributed by atoms with E-state index >= 15 is 0 Å². The summed E-state index contributed by atoms with van der Waals surface area (Å²) in [5.74, 6) is -2.80. The van der Waals surface area contributed by atoms with Gasteiger partial charge in [0.1, 0.15) is 11.4 Å². The normalized spacial score (nSPS) is 15.0. The third kappa shape index (κ3) is 6.97. The molecule has 47 heavy (non-hydrogen) atoms. The van der Waals surface area contributed by atoms with Crippen LogP contribution in [0.3, 0.4) is 0 Å². The molecule has 2 aromatic heterocycles. The number of carboxylic acid groups (broad SMARTS) is 2. The first-order valence-electron chi connectivity index (χ1n) is 15.3. The van der Waals surface area contributed by atoms with Crippen molar-refractivity contribution in [2.45, 2.75) is 58.4 Å². The Morgan fingerprint density at radius 3 is 2.43 bits per heavy atom. The number of hydrogen-bond donors (Lipinski definition) is 2. The van der Waals surface area contributed by atoms with Crippen LogP contribution in [0.25, 0.3) is 32.8 Å². The first kappa shape index (κ1) is 33.5. The molecule has 0 bridgehead atoms. The average molecular weight is 652 g/mol. The van der Waals surface area contributed by atoms with Crippen LogP contribution in [0.4, 0.5) is 13.2 Å². The number of aryl methyl sites for hydroxylation is 3. The highest BCUT2D eigenvalue weighted by molar-refractivity contribution is 6.04. The predicted molar refractivity (Wildman–Crippen MR) is 171 cm³/mol. The highest BCUT2D eigenvalue weighted by Crippen LogP contribution is 2.40. The van der Waals surface area contributed by atoms with Gasteiger partial charge in [-0.05, 0) is 56.5 Å². The maximum atomic E-state index is 12.8. The van der Waals surface area contributed by atoms with E-state index in [0.29, 0.717) is 38.3 Å². The van der Waals surface area contributed by atoms with Gasteiger partial charge in [0.2, 0.25) is 0 Å². The second kappa shape index (κ2) is 13.9. The molecule has 0 saturated heterocycles. The summed E-state index contributed by atoms with van der Waals surface area (Å²) in [5.41, 5.74) is 6.19. The van der Waals surface area contributed by atoms with Crippen LogP contribution in [0.2, 0.25) is 0 Å². The fourth-order valence-corrected chi connectivity index (χ4v) is 6.12. The smallest absolute Gasteiger partial charge is 0.490 e. The Bertz CT molecular complexity index is 1920. The molecule has 9 nitrogen and oxygen atoms in total. The number of ether oxygens (including phenoxy) is 2. The lowest BCUT2D eigenvalue weighted by molar-refractivity contribution is -0.192. The van der Waals surface area contributed by atoms with Gasteiger partial charge >= 0.3 is 18.1 Å². The van der Waals surface area contributed by atoms with Gasteiger partial charge in [0.05, 0.1) is 23.9 Å². The summed E-state index contributed by atoms with van der Waals surface area (Å²) >= 11 is 0. The summed E-state index contributed by atoms with van der Waals surface area (Å²) in [5, 5.41) is 25.7. The van der Waals surface area contributed by atoms with E-state index in [9.17, 15) is 23.1 Å². The van der Waals surface area contributed by atoms with Gasteiger partial charge in [-0.2, -0.15) is 18.3 Å². The molecule has 0 aliphatic carbocycles. The van der Waals surface area contributed by atoms with Crippen molar-refractivity contribution in [2.75, 3.05) is 13.2 Å². The van der Waals surface area contributed by atoms with Gasteiger partial charge in [-0.1, -0.05) is 54.6 Å². The van der Waals surface area contributed by atoms with E-state index in [2.05, 4.69) is 37.3 Å². The number of halogens is 3. The maximum absolute atomic E-state index is 12.8.